The summed E-state index contributed by atoms with van der Waals surface area (Å²) in [5.74, 6) is -1.04. The van der Waals surface area contributed by atoms with Gasteiger partial charge in [0, 0.05) is 31.4 Å². The number of rotatable bonds is 6. The third-order valence-corrected chi connectivity index (χ3v) is 3.90. The summed E-state index contributed by atoms with van der Waals surface area (Å²) in [5, 5.41) is 14.0. The smallest absolute Gasteiger partial charge is 0.326 e. The number of nitrogens with two attached hydrogens (primary N) is 1. The Bertz CT molecular complexity index is 501. The van der Waals surface area contributed by atoms with Crippen molar-refractivity contribution in [2.45, 2.75) is 12.5 Å². The second-order valence-corrected chi connectivity index (χ2v) is 5.42. The summed E-state index contributed by atoms with van der Waals surface area (Å²) >= 11 is 1.27. The molecule has 2 heterocycles. The summed E-state index contributed by atoms with van der Waals surface area (Å²) in [6.07, 6.45) is 0.361. The molecule has 1 aromatic rings. The normalized spacial score (nSPS) is 16.5. The van der Waals surface area contributed by atoms with Gasteiger partial charge in [-0.25, -0.2) is 4.98 Å². The van der Waals surface area contributed by atoms with Crippen LogP contribution in [0.2, 0.25) is 0 Å². The monoisotopic (exact) mass is 314 g/mol. The van der Waals surface area contributed by atoms with Gasteiger partial charge in [0.05, 0.1) is 18.9 Å². The number of ether oxygens (including phenoxy) is 1. The number of aromatic nitrogens is 1. The molecule has 8 nitrogen and oxygen atoms in total. The summed E-state index contributed by atoms with van der Waals surface area (Å²) in [4.78, 5) is 28.5. The predicted molar refractivity (Wildman–Crippen MR) is 77.2 cm³/mol. The zero-order chi connectivity index (χ0) is 15.2. The average molecular weight is 314 g/mol. The first-order valence-corrected chi connectivity index (χ1v) is 7.49. The van der Waals surface area contributed by atoms with Crippen molar-refractivity contribution in [3.05, 3.63) is 11.1 Å². The first kappa shape index (κ1) is 15.7. The van der Waals surface area contributed by atoms with Crippen LogP contribution in [-0.4, -0.2) is 59.7 Å². The van der Waals surface area contributed by atoms with Crippen LogP contribution < -0.4 is 11.1 Å². The van der Waals surface area contributed by atoms with Crippen molar-refractivity contribution < 1.29 is 19.4 Å². The summed E-state index contributed by atoms with van der Waals surface area (Å²) in [5.41, 5.74) is 5.78. The van der Waals surface area contributed by atoms with Crippen molar-refractivity contribution in [2.24, 2.45) is 5.73 Å². The predicted octanol–water partition coefficient (Wildman–Crippen LogP) is -0.112. The molecule has 1 aliphatic heterocycles. The Morgan fingerprint density at radius 1 is 1.52 bits per heavy atom. The van der Waals surface area contributed by atoms with Gasteiger partial charge in [0.1, 0.15) is 6.04 Å². The lowest BCUT2D eigenvalue weighted by atomic mass is 10.2. The van der Waals surface area contributed by atoms with E-state index in [-0.39, 0.29) is 5.91 Å². The fraction of sp³-hybridized carbons (Fsp3) is 0.583. The second kappa shape index (κ2) is 7.34. The van der Waals surface area contributed by atoms with E-state index >= 15 is 0 Å². The molecule has 0 radical (unpaired) electrons. The van der Waals surface area contributed by atoms with Crippen LogP contribution in [0.5, 0.6) is 0 Å². The molecule has 0 spiro atoms. The van der Waals surface area contributed by atoms with Crippen LogP contribution in [0.1, 0.15) is 18.2 Å². The number of amides is 1. The number of carboxylic acids is 1. The molecule has 1 aromatic heterocycles. The van der Waals surface area contributed by atoms with Gasteiger partial charge in [0.15, 0.2) is 5.13 Å². The van der Waals surface area contributed by atoms with E-state index in [2.05, 4.69) is 10.3 Å². The number of aliphatic carboxylic acids is 1. The third-order valence-electron chi connectivity index (χ3n) is 3.09. The van der Waals surface area contributed by atoms with Gasteiger partial charge >= 0.3 is 5.97 Å². The highest BCUT2D eigenvalue weighted by Crippen LogP contribution is 2.19. The Balaban J connectivity index is 1.75. The lowest BCUT2D eigenvalue weighted by molar-refractivity contribution is -0.138. The summed E-state index contributed by atoms with van der Waals surface area (Å²) < 4.78 is 5.19. The van der Waals surface area contributed by atoms with E-state index in [1.807, 2.05) is 0 Å². The molecule has 21 heavy (non-hydrogen) atoms. The van der Waals surface area contributed by atoms with Gasteiger partial charge in [-0.3, -0.25) is 9.59 Å². The van der Waals surface area contributed by atoms with Crippen molar-refractivity contribution in [1.82, 2.24) is 9.88 Å². The van der Waals surface area contributed by atoms with Gasteiger partial charge < -0.3 is 25.8 Å². The number of nitrogens with one attached hydrogen (secondary N) is 1. The van der Waals surface area contributed by atoms with Crippen molar-refractivity contribution in [2.75, 3.05) is 38.2 Å². The highest BCUT2D eigenvalue weighted by atomic mass is 32.1. The number of anilines is 1. The maximum Gasteiger partial charge on any atom is 0.326 e. The number of nitrogens with zero attached hydrogens (tertiary/aromatic N) is 2. The first-order chi connectivity index (χ1) is 10.1. The second-order valence-electron chi connectivity index (χ2n) is 4.56. The zero-order valence-electron chi connectivity index (χ0n) is 11.4. The van der Waals surface area contributed by atoms with Crippen molar-refractivity contribution in [3.63, 3.8) is 0 Å². The molecule has 0 saturated carbocycles. The number of hydrogen-bond donors (Lipinski definition) is 3. The number of morpholine rings is 1. The third kappa shape index (κ3) is 4.38. The molecule has 2 rings (SSSR count). The van der Waals surface area contributed by atoms with Crippen LogP contribution in [0.25, 0.3) is 0 Å². The molecule has 1 saturated heterocycles. The molecule has 0 aliphatic carbocycles. The standard InChI is InChI=1S/C12H18N4O4S/c13-10(11(18)19)8-7-21-12(15-8)14-2-1-9(17)16-3-5-20-6-4-16/h7,10H,1-6,13H2,(H,14,15)(H,18,19). The fourth-order valence-electron chi connectivity index (χ4n) is 1.88. The molecule has 1 aliphatic rings. The highest BCUT2D eigenvalue weighted by Gasteiger charge is 2.18. The van der Waals surface area contributed by atoms with Crippen LogP contribution in [0, 0.1) is 0 Å². The van der Waals surface area contributed by atoms with Gasteiger partial charge in [-0.05, 0) is 0 Å². The number of carbonyl (C=O) groups excluding carboxylic acids is 1. The molecule has 9 heteroatoms. The summed E-state index contributed by atoms with van der Waals surface area (Å²) in [7, 11) is 0. The largest absolute Gasteiger partial charge is 0.480 e. The van der Waals surface area contributed by atoms with Gasteiger partial charge in [0.25, 0.3) is 0 Å². The minimum Gasteiger partial charge on any atom is -0.480 e. The zero-order valence-corrected chi connectivity index (χ0v) is 12.3. The van der Waals surface area contributed by atoms with Crippen molar-refractivity contribution in [1.29, 1.82) is 0 Å². The van der Waals surface area contributed by atoms with E-state index < -0.39 is 12.0 Å². The molecule has 1 amide bonds. The Morgan fingerprint density at radius 3 is 2.90 bits per heavy atom. The maximum absolute atomic E-state index is 11.9. The van der Waals surface area contributed by atoms with Gasteiger partial charge in [-0.1, -0.05) is 0 Å². The molecule has 1 atom stereocenters. The average Bonchev–Trinajstić information content (AvgIpc) is 2.96. The summed E-state index contributed by atoms with van der Waals surface area (Å²) in [6.45, 7) is 2.89. The Kier molecular flexibility index (Phi) is 5.48. The number of carboxylic acid groups (broad SMARTS) is 1. The van der Waals surface area contributed by atoms with E-state index in [1.54, 1.807) is 10.3 Å². The Morgan fingerprint density at radius 2 is 2.24 bits per heavy atom. The molecule has 0 bridgehead atoms. The van der Waals surface area contributed by atoms with E-state index in [0.717, 1.165) is 0 Å². The maximum atomic E-state index is 11.9. The molecule has 1 fully saturated rings. The first-order valence-electron chi connectivity index (χ1n) is 6.61. The molecule has 1 unspecified atom stereocenters. The van der Waals surface area contributed by atoms with Crippen LogP contribution in [0.15, 0.2) is 5.38 Å². The van der Waals surface area contributed by atoms with Gasteiger partial charge in [-0.15, -0.1) is 11.3 Å². The van der Waals surface area contributed by atoms with Gasteiger partial charge in [0.2, 0.25) is 5.91 Å². The topological polar surface area (TPSA) is 118 Å². The SMILES string of the molecule is NC(C(=O)O)c1csc(NCCC(=O)N2CCOCC2)n1. The van der Waals surface area contributed by atoms with Crippen LogP contribution >= 0.6 is 11.3 Å². The van der Waals surface area contributed by atoms with Crippen molar-refractivity contribution >= 4 is 28.3 Å². The van der Waals surface area contributed by atoms with Gasteiger partial charge in [-0.2, -0.15) is 0 Å². The number of thiazole rings is 1. The molecular weight excluding hydrogens is 296 g/mol. The lowest BCUT2D eigenvalue weighted by Gasteiger charge is -2.26. The highest BCUT2D eigenvalue weighted by molar-refractivity contribution is 7.13. The number of hydrogen-bond acceptors (Lipinski definition) is 7. The van der Waals surface area contributed by atoms with E-state index in [0.29, 0.717) is 50.1 Å². The van der Waals surface area contributed by atoms with Crippen molar-refractivity contribution in [3.8, 4) is 0 Å². The van der Waals surface area contributed by atoms with Crippen LogP contribution in [0.4, 0.5) is 5.13 Å². The van der Waals surface area contributed by atoms with E-state index in [4.69, 9.17) is 15.6 Å². The minimum absolute atomic E-state index is 0.0739. The molecular formula is C12H18N4O4S. The molecule has 0 aromatic carbocycles. The molecule has 116 valence electrons. The number of carbonyl (C=O) groups is 2. The molecule has 4 N–H and O–H groups in total. The Labute approximate surface area is 125 Å². The fourth-order valence-corrected chi connectivity index (χ4v) is 2.66. The quantitative estimate of drug-likeness (QED) is 0.670. The van der Waals surface area contributed by atoms with Crippen LogP contribution in [0.3, 0.4) is 0 Å². The lowest BCUT2D eigenvalue weighted by Crippen LogP contribution is -2.41. The van der Waals surface area contributed by atoms with Crippen LogP contribution in [-0.2, 0) is 14.3 Å². The Hall–Kier alpha value is -1.71. The van der Waals surface area contributed by atoms with E-state index in [1.165, 1.54) is 11.3 Å². The van der Waals surface area contributed by atoms with E-state index in [9.17, 15) is 9.59 Å². The minimum atomic E-state index is -1.12. The summed E-state index contributed by atoms with van der Waals surface area (Å²) in [6, 6.07) is -1.12.